The van der Waals surface area contributed by atoms with Crippen molar-refractivity contribution in [2.75, 3.05) is 37.7 Å². The van der Waals surface area contributed by atoms with Gasteiger partial charge in [0.2, 0.25) is 5.91 Å². The highest BCUT2D eigenvalue weighted by Gasteiger charge is 2.15. The summed E-state index contributed by atoms with van der Waals surface area (Å²) in [5.41, 5.74) is -3.97. The van der Waals surface area contributed by atoms with Crippen LogP contribution in [-0.2, 0) is 4.79 Å². The summed E-state index contributed by atoms with van der Waals surface area (Å²) in [6.45, 7) is -14.7. The number of nitriles is 1. The second-order valence-corrected chi connectivity index (χ2v) is 6.26. The maximum absolute atomic E-state index is 14.3. The Morgan fingerprint density at radius 3 is 3.09 bits per heavy atom. The molecule has 0 fully saturated rings. The van der Waals surface area contributed by atoms with Crippen LogP contribution in [0.15, 0.2) is 48.5 Å². The lowest BCUT2D eigenvalue weighted by molar-refractivity contribution is -0.111. The van der Waals surface area contributed by atoms with Gasteiger partial charge >= 0.3 is 0 Å². The largest absolute Gasteiger partial charge is 0.492 e. The van der Waals surface area contributed by atoms with Crippen molar-refractivity contribution in [3.05, 3.63) is 64.9 Å². The molecular formula is C24H23ClFN5O2. The van der Waals surface area contributed by atoms with E-state index < -0.39 is 132 Å². The van der Waals surface area contributed by atoms with Gasteiger partial charge in [0.25, 0.3) is 0 Å². The van der Waals surface area contributed by atoms with Gasteiger partial charge in [-0.15, -0.1) is 0 Å². The molecule has 0 aliphatic carbocycles. The summed E-state index contributed by atoms with van der Waals surface area (Å²) in [6.07, 6.45) is -0.372. The topological polar surface area (TPSA) is 90.3 Å². The van der Waals surface area contributed by atoms with Crippen molar-refractivity contribution in [2.45, 2.75) is 6.85 Å². The molecule has 3 rings (SSSR count). The zero-order chi connectivity index (χ0) is 39.3. The van der Waals surface area contributed by atoms with Gasteiger partial charge in [0, 0.05) is 48.2 Å². The summed E-state index contributed by atoms with van der Waals surface area (Å²) in [6, 6.07) is -4.72. The average molecular weight is 486 g/mol. The molecule has 7 nitrogen and oxygen atoms in total. The second-order valence-electron chi connectivity index (χ2n) is 5.88. The maximum Gasteiger partial charge on any atom is 0.248 e. The van der Waals surface area contributed by atoms with Crippen LogP contribution in [0, 0.1) is 17.1 Å². The van der Waals surface area contributed by atoms with Crippen molar-refractivity contribution in [2.24, 2.45) is 0 Å². The molecular weight excluding hydrogens is 445 g/mol. The van der Waals surface area contributed by atoms with Crippen LogP contribution in [0.25, 0.3) is 10.9 Å². The Labute approximate surface area is 221 Å². The lowest BCUT2D eigenvalue weighted by Crippen LogP contribution is -2.13. The van der Waals surface area contributed by atoms with E-state index in [9.17, 15) is 14.4 Å². The van der Waals surface area contributed by atoms with E-state index >= 15 is 0 Å². The smallest absolute Gasteiger partial charge is 0.248 e. The number of carbonyl (C=O) groups is 1. The van der Waals surface area contributed by atoms with Gasteiger partial charge in [0.1, 0.15) is 17.6 Å². The molecule has 0 aliphatic heterocycles. The first-order valence-corrected chi connectivity index (χ1v) is 9.00. The number of nitrogens with one attached hydrogen (secondary N) is 2. The molecule has 0 saturated heterocycles. The first-order valence-electron chi connectivity index (χ1n) is 17.6. The molecule has 9 heteroatoms. The fourth-order valence-electron chi connectivity index (χ4n) is 2.39. The van der Waals surface area contributed by atoms with Gasteiger partial charge in [0.05, 0.1) is 46.4 Å². The predicted octanol–water partition coefficient (Wildman–Crippen LogP) is 5.10. The van der Waals surface area contributed by atoms with Crippen LogP contribution >= 0.6 is 11.6 Å². The number of halogens is 2. The van der Waals surface area contributed by atoms with Crippen LogP contribution in [0.2, 0.25) is 5.02 Å². The minimum Gasteiger partial charge on any atom is -0.492 e. The van der Waals surface area contributed by atoms with E-state index in [4.69, 9.17) is 41.0 Å². The number of likely N-dealkylation sites (N-methyl/N-ethyl adjacent to an activating group) is 1. The molecule has 2 N–H and O–H groups in total. The molecule has 33 heavy (non-hydrogen) atoms. The summed E-state index contributed by atoms with van der Waals surface area (Å²) in [7, 11) is 0. The molecule has 0 spiro atoms. The lowest BCUT2D eigenvalue weighted by Gasteiger charge is -2.16. The van der Waals surface area contributed by atoms with Gasteiger partial charge in [-0.1, -0.05) is 17.7 Å². The second kappa shape index (κ2) is 10.8. The first-order chi connectivity index (χ1) is 23.1. The number of anilines is 3. The molecule has 3 aromatic rings. The van der Waals surface area contributed by atoms with E-state index in [0.29, 0.717) is 6.08 Å². The SMILES string of the molecule is [2H]/C(=C\CN(C([2H])([2H])[2H])C([2H])([2H])[2H])C(=O)Nc1c(OC([2H])([2H])C([2H])([2H])[2H])c([2H])c2nc([2H])c(C#N)c(Nc3c([2H])c([2H])c(F)c(Cl)c3[2H])c2c1[2H]. The van der Waals surface area contributed by atoms with Crippen LogP contribution in [0.1, 0.15) is 37.1 Å². The number of hydrogen-bond donors (Lipinski definition) is 2. The number of aromatic nitrogens is 1. The molecule has 170 valence electrons. The molecule has 0 radical (unpaired) electrons. The molecule has 0 unspecified atom stereocenters. The van der Waals surface area contributed by atoms with Gasteiger partial charge < -0.3 is 20.3 Å². The molecule has 0 bridgehead atoms. The van der Waals surface area contributed by atoms with E-state index in [0.717, 1.165) is 0 Å². The van der Waals surface area contributed by atoms with Crippen molar-refractivity contribution in [3.8, 4) is 11.8 Å². The monoisotopic (exact) mass is 485 g/mol. The molecule has 1 heterocycles. The third-order valence-corrected chi connectivity index (χ3v) is 3.97. The number of rotatable bonds is 8. The number of pyridine rings is 1. The highest BCUT2D eigenvalue weighted by Crippen LogP contribution is 2.36. The Kier molecular flexibility index (Phi) is 3.16. The number of amides is 1. The third-order valence-electron chi connectivity index (χ3n) is 3.71. The van der Waals surface area contributed by atoms with Crippen LogP contribution in [0.5, 0.6) is 5.75 Å². The molecule has 0 aliphatic rings. The number of ether oxygens (including phenoxy) is 1. The minimum absolute atomic E-state index is 0.00828. The van der Waals surface area contributed by atoms with Crippen molar-refractivity contribution in [3.63, 3.8) is 0 Å². The van der Waals surface area contributed by atoms with Gasteiger partial charge in [-0.3, -0.25) is 9.78 Å². The van der Waals surface area contributed by atoms with Crippen molar-refractivity contribution in [1.29, 1.82) is 5.26 Å². The number of hydrogen-bond acceptors (Lipinski definition) is 6. The lowest BCUT2D eigenvalue weighted by atomic mass is 10.1. The molecule has 0 atom stereocenters. The standard InChI is InChI=1S/C24H23ClFN5O2/c1-4-33-22-12-20-17(11-21(22)30-23(32)6-5-9-31(2)3)24(15(13-27)14-28-20)29-16-7-8-19(26)18(25)10-16/h5-8,10-12,14H,4,9H2,1-3H3,(H,28,29)(H,30,32)/b6-5+/i1D3,2D3,3D3,4D2,6D,7D,8D,10D,11D,12D,14D. The van der Waals surface area contributed by atoms with E-state index in [1.54, 1.807) is 6.07 Å². The highest BCUT2D eigenvalue weighted by atomic mass is 35.5. The number of fused-ring (bicyclic) bond motifs is 1. The summed E-state index contributed by atoms with van der Waals surface area (Å²) in [4.78, 5) is 16.9. The third kappa shape index (κ3) is 5.98. The number of benzene rings is 2. The van der Waals surface area contributed by atoms with Crippen LogP contribution in [0.4, 0.5) is 21.5 Å². The maximum atomic E-state index is 14.3. The Morgan fingerprint density at radius 2 is 2.33 bits per heavy atom. The van der Waals surface area contributed by atoms with Gasteiger partial charge in [-0.05, 0) is 45.0 Å². The van der Waals surface area contributed by atoms with Crippen molar-refractivity contribution >= 4 is 45.5 Å². The number of nitrogens with zero attached hydrogens (tertiary/aromatic N) is 3. The fraction of sp³-hybridized carbons (Fsp3) is 0.208. The average Bonchev–Trinajstić information content (AvgIpc) is 2.99. The molecule has 0 saturated carbocycles. The normalized spacial score (nSPS) is 20.8. The van der Waals surface area contributed by atoms with Gasteiger partial charge in [-0.2, -0.15) is 5.26 Å². The molecule has 2 aromatic carbocycles. The Balaban J connectivity index is 2.41. The van der Waals surface area contributed by atoms with Crippen molar-refractivity contribution in [1.82, 2.24) is 9.88 Å². The zero-order valence-corrected chi connectivity index (χ0v) is 17.0. The predicted molar refractivity (Wildman–Crippen MR) is 129 cm³/mol. The quantitative estimate of drug-likeness (QED) is 0.431. The van der Waals surface area contributed by atoms with Crippen molar-refractivity contribution < 1.29 is 38.6 Å². The van der Waals surface area contributed by atoms with Gasteiger partial charge in [-0.25, -0.2) is 4.39 Å². The highest BCUT2D eigenvalue weighted by molar-refractivity contribution is 6.31. The van der Waals surface area contributed by atoms with Crippen LogP contribution < -0.4 is 15.4 Å². The molecule has 1 aromatic heterocycles. The number of carbonyl (C=O) groups excluding carboxylic acids is 1. The summed E-state index contributed by atoms with van der Waals surface area (Å²) in [5, 5.41) is 12.6. The fourth-order valence-corrected chi connectivity index (χ4v) is 2.53. The Hall–Kier alpha value is -3.67. The van der Waals surface area contributed by atoms with Crippen LogP contribution in [-0.4, -0.2) is 42.8 Å². The van der Waals surface area contributed by atoms with Gasteiger partial charge in [0.15, 0.2) is 0 Å². The Bertz CT molecular complexity index is 1950. The van der Waals surface area contributed by atoms with E-state index in [-0.39, 0.29) is 4.90 Å². The van der Waals surface area contributed by atoms with E-state index in [1.165, 1.54) is 0 Å². The summed E-state index contributed by atoms with van der Waals surface area (Å²) >= 11 is 5.81. The minimum atomic E-state index is -3.64. The molecule has 1 amide bonds. The zero-order valence-electron chi connectivity index (χ0n) is 34.2. The summed E-state index contributed by atoms with van der Waals surface area (Å²) in [5.74, 6) is -4.18. The Morgan fingerprint density at radius 1 is 1.48 bits per heavy atom. The van der Waals surface area contributed by atoms with E-state index in [2.05, 4.69) is 10.3 Å². The summed E-state index contributed by atoms with van der Waals surface area (Å²) < 4.78 is 161. The first kappa shape index (κ1) is 9.67. The van der Waals surface area contributed by atoms with E-state index in [1.807, 2.05) is 5.32 Å². The van der Waals surface area contributed by atoms with Crippen LogP contribution in [0.3, 0.4) is 0 Å².